The number of allylic oxidation sites excluding steroid dienone is 1. The molecule has 0 N–H and O–H groups in total. The number of nitrogens with zero attached hydrogens (tertiary/aromatic N) is 5. The van der Waals surface area contributed by atoms with E-state index in [4.69, 9.17) is 15.0 Å². The van der Waals surface area contributed by atoms with E-state index in [1.807, 2.05) is 19.2 Å². The molecule has 1 aromatic carbocycles. The van der Waals surface area contributed by atoms with Crippen molar-refractivity contribution in [1.29, 1.82) is 0 Å². The molecule has 0 atom stereocenters. The number of aromatic nitrogens is 5. The van der Waals surface area contributed by atoms with E-state index in [0.717, 1.165) is 75.5 Å². The van der Waals surface area contributed by atoms with Crippen LogP contribution in [0.2, 0.25) is 0 Å². The second-order valence-electron chi connectivity index (χ2n) is 7.92. The molecule has 0 saturated heterocycles. The number of aryl methyl sites for hydroxylation is 4. The lowest BCUT2D eigenvalue weighted by atomic mass is 10.1. The predicted octanol–water partition coefficient (Wildman–Crippen LogP) is 3.94. The minimum atomic E-state index is 0.747. The Labute approximate surface area is 182 Å². The van der Waals surface area contributed by atoms with Crippen LogP contribution in [-0.4, -0.2) is 24.5 Å². The summed E-state index contributed by atoms with van der Waals surface area (Å²) in [5.74, 6) is 1.89. The smallest absolute Gasteiger partial charge is 0.129 e. The van der Waals surface area contributed by atoms with Gasteiger partial charge in [0, 0.05) is 42.4 Å². The maximum Gasteiger partial charge on any atom is 0.129 e. The Kier molecular flexibility index (Phi) is 5.94. The van der Waals surface area contributed by atoms with Gasteiger partial charge in [0.25, 0.3) is 0 Å². The van der Waals surface area contributed by atoms with Crippen LogP contribution in [-0.2, 0) is 19.9 Å². The van der Waals surface area contributed by atoms with Gasteiger partial charge in [-0.2, -0.15) is 0 Å². The lowest BCUT2D eigenvalue weighted by molar-refractivity contribution is 0.750. The van der Waals surface area contributed by atoms with E-state index < -0.39 is 0 Å². The first-order valence-corrected chi connectivity index (χ1v) is 10.9. The Hall–Kier alpha value is -3.34. The maximum atomic E-state index is 4.94. The Morgan fingerprint density at radius 2 is 1.97 bits per heavy atom. The van der Waals surface area contributed by atoms with Gasteiger partial charge in [-0.25, -0.2) is 15.0 Å². The van der Waals surface area contributed by atoms with Gasteiger partial charge >= 0.3 is 0 Å². The van der Waals surface area contributed by atoms with Crippen molar-refractivity contribution in [1.82, 2.24) is 24.5 Å². The van der Waals surface area contributed by atoms with E-state index in [1.54, 1.807) is 0 Å². The summed E-state index contributed by atoms with van der Waals surface area (Å²) in [5, 5.41) is 3.20. The third-order valence-electron chi connectivity index (χ3n) is 5.88. The summed E-state index contributed by atoms with van der Waals surface area (Å²) in [7, 11) is 2.07. The van der Waals surface area contributed by atoms with Crippen LogP contribution in [0.5, 0.6) is 0 Å². The predicted molar refractivity (Wildman–Crippen MR) is 128 cm³/mol. The van der Waals surface area contributed by atoms with Crippen LogP contribution in [0, 0.1) is 6.92 Å². The average Bonchev–Trinajstić information content (AvgIpc) is 3.12. The lowest BCUT2D eigenvalue weighted by Crippen LogP contribution is -2.33. The molecule has 4 aromatic rings. The number of imidazole rings is 1. The van der Waals surface area contributed by atoms with E-state index in [2.05, 4.69) is 67.4 Å². The summed E-state index contributed by atoms with van der Waals surface area (Å²) in [6.45, 7) is 10.3. The summed E-state index contributed by atoms with van der Waals surface area (Å²) in [6, 6.07) is 8.20. The van der Waals surface area contributed by atoms with Gasteiger partial charge in [0.2, 0.25) is 0 Å². The van der Waals surface area contributed by atoms with E-state index in [1.165, 1.54) is 5.57 Å². The molecule has 0 saturated carbocycles. The highest BCUT2D eigenvalue weighted by Gasteiger charge is 2.12. The minimum Gasteiger partial charge on any atom is -0.331 e. The van der Waals surface area contributed by atoms with Gasteiger partial charge < -0.3 is 4.57 Å². The third-order valence-corrected chi connectivity index (χ3v) is 5.88. The van der Waals surface area contributed by atoms with Gasteiger partial charge in [0.1, 0.15) is 11.6 Å². The van der Waals surface area contributed by atoms with Gasteiger partial charge in [-0.1, -0.05) is 31.2 Å². The molecular formula is C26H29N5. The van der Waals surface area contributed by atoms with Crippen LogP contribution in [0.25, 0.3) is 34.1 Å². The fourth-order valence-corrected chi connectivity index (χ4v) is 3.94. The first-order valence-electron chi connectivity index (χ1n) is 10.9. The standard InChI is InChI=1S/C26H29N5/c1-6-17(3)10-11-19-18(4)28-24(29-21(19)7-2)14-15-25-30-26-20-9-8-16-27-22(20)12-13-23(26)31(25)5/h7-9,11-13,16H,3,6,10,14-15H2,1-2,4-5H3. The molecule has 0 amide bonds. The molecule has 4 rings (SSSR count). The zero-order valence-electron chi connectivity index (χ0n) is 18.8. The average molecular weight is 412 g/mol. The SMILES string of the molecule is C=C(CC)CC=c1c(C)nc(CCc2nc3c4cccnc4ccc3n2C)nc1=CC. The number of fused-ring (bicyclic) bond motifs is 3. The van der Waals surface area contributed by atoms with Crippen LogP contribution in [0.3, 0.4) is 0 Å². The summed E-state index contributed by atoms with van der Waals surface area (Å²) < 4.78 is 2.17. The Morgan fingerprint density at radius 1 is 1.13 bits per heavy atom. The fourth-order valence-electron chi connectivity index (χ4n) is 3.94. The van der Waals surface area contributed by atoms with Crippen molar-refractivity contribution >= 4 is 34.1 Å². The molecule has 0 unspecified atom stereocenters. The Bertz CT molecular complexity index is 1400. The zero-order chi connectivity index (χ0) is 22.0. The van der Waals surface area contributed by atoms with E-state index in [9.17, 15) is 0 Å². The summed E-state index contributed by atoms with van der Waals surface area (Å²) >= 11 is 0. The number of rotatable bonds is 6. The summed E-state index contributed by atoms with van der Waals surface area (Å²) in [4.78, 5) is 19.0. The van der Waals surface area contributed by atoms with Crippen molar-refractivity contribution in [3.8, 4) is 0 Å². The topological polar surface area (TPSA) is 56.5 Å². The molecule has 31 heavy (non-hydrogen) atoms. The molecule has 5 heteroatoms. The quantitative estimate of drug-likeness (QED) is 0.451. The normalized spacial score (nSPS) is 12.9. The van der Waals surface area contributed by atoms with Crippen LogP contribution in [0.15, 0.2) is 42.6 Å². The molecule has 0 bridgehead atoms. The van der Waals surface area contributed by atoms with Crippen molar-refractivity contribution in [2.45, 2.75) is 46.5 Å². The monoisotopic (exact) mass is 411 g/mol. The summed E-state index contributed by atoms with van der Waals surface area (Å²) in [5.41, 5.74) is 5.33. The van der Waals surface area contributed by atoms with Crippen molar-refractivity contribution in [3.63, 3.8) is 0 Å². The molecule has 0 aliphatic carbocycles. The molecule has 3 heterocycles. The molecule has 158 valence electrons. The van der Waals surface area contributed by atoms with E-state index in [-0.39, 0.29) is 0 Å². The van der Waals surface area contributed by atoms with Crippen LogP contribution in [0.4, 0.5) is 0 Å². The van der Waals surface area contributed by atoms with Gasteiger partial charge in [0.05, 0.1) is 21.9 Å². The molecular weight excluding hydrogens is 382 g/mol. The van der Waals surface area contributed by atoms with Gasteiger partial charge in [-0.05, 0) is 51.0 Å². The number of hydrogen-bond acceptors (Lipinski definition) is 4. The summed E-state index contributed by atoms with van der Waals surface area (Å²) in [6.07, 6.45) is 9.46. The lowest BCUT2D eigenvalue weighted by Gasteiger charge is -2.05. The van der Waals surface area contributed by atoms with Crippen LogP contribution >= 0.6 is 0 Å². The van der Waals surface area contributed by atoms with Gasteiger partial charge in [0.15, 0.2) is 0 Å². The van der Waals surface area contributed by atoms with Crippen LogP contribution < -0.4 is 10.6 Å². The highest BCUT2D eigenvalue weighted by atomic mass is 15.1. The van der Waals surface area contributed by atoms with Crippen molar-refractivity contribution in [2.75, 3.05) is 0 Å². The third kappa shape index (κ3) is 4.13. The molecule has 3 aromatic heterocycles. The molecule has 0 spiro atoms. The minimum absolute atomic E-state index is 0.747. The Morgan fingerprint density at radius 3 is 2.74 bits per heavy atom. The number of pyridine rings is 1. The number of benzene rings is 1. The van der Waals surface area contributed by atoms with E-state index >= 15 is 0 Å². The van der Waals surface area contributed by atoms with Crippen molar-refractivity contribution < 1.29 is 0 Å². The van der Waals surface area contributed by atoms with Crippen LogP contribution in [0.1, 0.15) is 44.0 Å². The molecule has 0 radical (unpaired) electrons. The Balaban J connectivity index is 1.64. The van der Waals surface area contributed by atoms with E-state index in [0.29, 0.717) is 0 Å². The largest absolute Gasteiger partial charge is 0.331 e. The van der Waals surface area contributed by atoms with Crippen molar-refractivity contribution in [3.05, 3.63) is 70.5 Å². The maximum absolute atomic E-state index is 4.94. The van der Waals surface area contributed by atoms with Gasteiger partial charge in [-0.3, -0.25) is 4.98 Å². The molecule has 5 nitrogen and oxygen atoms in total. The first kappa shape index (κ1) is 20.9. The number of hydrogen-bond donors (Lipinski definition) is 0. The highest BCUT2D eigenvalue weighted by molar-refractivity contribution is 6.02. The second-order valence-corrected chi connectivity index (χ2v) is 7.92. The fraction of sp³-hybridized carbons (Fsp3) is 0.308. The first-order chi connectivity index (χ1) is 15.0. The molecule has 0 aliphatic heterocycles. The van der Waals surface area contributed by atoms with Crippen molar-refractivity contribution in [2.24, 2.45) is 7.05 Å². The molecule has 0 aliphatic rings. The highest BCUT2D eigenvalue weighted by Crippen LogP contribution is 2.24. The zero-order valence-corrected chi connectivity index (χ0v) is 18.8. The van der Waals surface area contributed by atoms with Gasteiger partial charge in [-0.15, -0.1) is 0 Å². The second kappa shape index (κ2) is 8.80. The molecule has 0 fully saturated rings.